The van der Waals surface area contributed by atoms with E-state index in [1.165, 1.54) is 49.7 Å². The van der Waals surface area contributed by atoms with E-state index in [0.29, 0.717) is 0 Å². The highest BCUT2D eigenvalue weighted by atomic mass is 14.1. The summed E-state index contributed by atoms with van der Waals surface area (Å²) in [6.07, 6.45) is 12.3. The van der Waals surface area contributed by atoms with Gasteiger partial charge in [0, 0.05) is 0 Å². The second kappa shape index (κ2) is 21.0. The first kappa shape index (κ1) is 30.4. The van der Waals surface area contributed by atoms with Crippen LogP contribution in [0.25, 0.3) is 11.6 Å². The molecular weight excluding hydrogens is 324 g/mol. The lowest BCUT2D eigenvalue weighted by molar-refractivity contribution is 0.547. The number of hydrogen-bond acceptors (Lipinski definition) is 0. The van der Waals surface area contributed by atoms with Crippen LogP contribution in [0.1, 0.15) is 119 Å². The molecule has 0 fully saturated rings. The molecule has 1 aromatic carbocycles. The van der Waals surface area contributed by atoms with E-state index in [0.717, 1.165) is 5.57 Å². The van der Waals surface area contributed by atoms with Gasteiger partial charge in [-0.25, -0.2) is 0 Å². The maximum Gasteiger partial charge on any atom is -0.0200 e. The average molecular weight is 375 g/mol. The van der Waals surface area contributed by atoms with Gasteiger partial charge >= 0.3 is 0 Å². The van der Waals surface area contributed by atoms with Gasteiger partial charge in [-0.3, -0.25) is 0 Å². The Kier molecular flexibility index (Phi) is 23.7. The Morgan fingerprint density at radius 3 is 1.30 bits per heavy atom. The fourth-order valence-electron chi connectivity index (χ4n) is 1.22. The van der Waals surface area contributed by atoms with Crippen molar-refractivity contribution in [3.63, 3.8) is 0 Å². The molecule has 0 atom stereocenters. The molecule has 0 unspecified atom stereocenters. The molecule has 0 heterocycles. The molecular formula is C27H50. The highest BCUT2D eigenvalue weighted by Gasteiger charge is 2.03. The Labute approximate surface area is 173 Å². The van der Waals surface area contributed by atoms with Crippen LogP contribution in [0.5, 0.6) is 0 Å². The summed E-state index contributed by atoms with van der Waals surface area (Å²) < 4.78 is 0. The van der Waals surface area contributed by atoms with Gasteiger partial charge in [-0.05, 0) is 23.5 Å². The van der Waals surface area contributed by atoms with Crippen LogP contribution in [0.15, 0.2) is 36.9 Å². The third kappa shape index (κ3) is 27.0. The Hall–Kier alpha value is -1.30. The van der Waals surface area contributed by atoms with Crippen molar-refractivity contribution < 1.29 is 0 Å². The maximum absolute atomic E-state index is 3.92. The Balaban J connectivity index is -0.000000394. The van der Waals surface area contributed by atoms with Crippen LogP contribution in [-0.4, -0.2) is 0 Å². The summed E-state index contributed by atoms with van der Waals surface area (Å²) in [4.78, 5) is 0. The molecule has 0 spiro atoms. The van der Waals surface area contributed by atoms with E-state index >= 15 is 0 Å². The van der Waals surface area contributed by atoms with Crippen molar-refractivity contribution in [3.05, 3.63) is 48.0 Å². The topological polar surface area (TPSA) is 0 Å². The first-order valence-electron chi connectivity index (χ1n) is 11.1. The summed E-state index contributed by atoms with van der Waals surface area (Å²) in [6, 6.07) is 8.49. The number of hydrogen-bond donors (Lipinski definition) is 0. The van der Waals surface area contributed by atoms with Crippen molar-refractivity contribution in [3.8, 4) is 0 Å². The predicted octanol–water partition coefficient (Wildman–Crippen LogP) is 10.2. The van der Waals surface area contributed by atoms with Gasteiger partial charge < -0.3 is 0 Å². The fourth-order valence-corrected chi connectivity index (χ4v) is 1.22. The molecule has 158 valence electrons. The zero-order valence-corrected chi connectivity index (χ0v) is 20.4. The summed E-state index contributed by atoms with van der Waals surface area (Å²) in [7, 11) is 0. The van der Waals surface area contributed by atoms with E-state index in [9.17, 15) is 0 Å². The molecule has 0 aromatic heterocycles. The SMILES string of the molecule is C=C(C)c1ccc(/C=C/C(C)(C)C)cc1.CCCC.CCCC.CCCC. The molecule has 0 radical (unpaired) electrons. The van der Waals surface area contributed by atoms with Crippen LogP contribution in [0.2, 0.25) is 0 Å². The summed E-state index contributed by atoms with van der Waals surface area (Å²) in [5.41, 5.74) is 3.81. The number of unbranched alkanes of at least 4 members (excludes halogenated alkanes) is 3. The molecule has 0 aliphatic rings. The molecule has 0 amide bonds. The van der Waals surface area contributed by atoms with Crippen LogP contribution in [-0.2, 0) is 0 Å². The minimum atomic E-state index is 0.243. The van der Waals surface area contributed by atoms with E-state index in [-0.39, 0.29) is 5.41 Å². The van der Waals surface area contributed by atoms with Crippen LogP contribution >= 0.6 is 0 Å². The third-order valence-corrected chi connectivity index (χ3v) is 3.68. The largest absolute Gasteiger partial charge is 0.0955 e. The third-order valence-electron chi connectivity index (χ3n) is 3.68. The standard InChI is InChI=1S/C15H20.3C4H10/c1-12(2)14-8-6-13(7-9-14)10-11-15(3,4)5;3*1-3-4-2/h6-11H,1H2,2-5H3;3*3-4H2,1-2H3/b11-10+;;;. The van der Waals surface area contributed by atoms with Crippen molar-refractivity contribution >= 4 is 11.6 Å². The van der Waals surface area contributed by atoms with Crippen LogP contribution < -0.4 is 0 Å². The zero-order chi connectivity index (χ0) is 21.7. The fraction of sp³-hybridized carbons (Fsp3) is 0.630. The van der Waals surface area contributed by atoms with Crippen molar-refractivity contribution in [2.24, 2.45) is 5.41 Å². The highest BCUT2D eigenvalue weighted by Crippen LogP contribution is 2.18. The molecule has 0 nitrogen and oxygen atoms in total. The maximum atomic E-state index is 3.92. The van der Waals surface area contributed by atoms with Crippen LogP contribution in [0, 0.1) is 5.41 Å². The lowest BCUT2D eigenvalue weighted by Gasteiger charge is -2.11. The smallest absolute Gasteiger partial charge is 0.0200 e. The van der Waals surface area contributed by atoms with E-state index in [2.05, 4.69) is 105 Å². The molecule has 0 N–H and O–H groups in total. The number of allylic oxidation sites excluding steroid dienone is 2. The monoisotopic (exact) mass is 374 g/mol. The highest BCUT2D eigenvalue weighted by molar-refractivity contribution is 5.63. The first-order chi connectivity index (χ1) is 12.6. The molecule has 1 aromatic rings. The predicted molar refractivity (Wildman–Crippen MR) is 131 cm³/mol. The quantitative estimate of drug-likeness (QED) is 0.480. The van der Waals surface area contributed by atoms with Crippen molar-refractivity contribution in [1.29, 1.82) is 0 Å². The van der Waals surface area contributed by atoms with Gasteiger partial charge in [0.05, 0.1) is 0 Å². The zero-order valence-electron chi connectivity index (χ0n) is 20.4. The summed E-state index contributed by atoms with van der Waals surface area (Å²) >= 11 is 0. The second-order valence-electron chi connectivity index (χ2n) is 8.10. The summed E-state index contributed by atoms with van der Waals surface area (Å²) in [5, 5.41) is 0. The minimum Gasteiger partial charge on any atom is -0.0955 e. The van der Waals surface area contributed by atoms with E-state index in [1.54, 1.807) is 0 Å². The van der Waals surface area contributed by atoms with Crippen molar-refractivity contribution in [1.82, 2.24) is 0 Å². The van der Waals surface area contributed by atoms with Gasteiger partial charge in [-0.1, -0.05) is 149 Å². The number of benzene rings is 1. The Bertz CT molecular complexity index is 424. The first-order valence-corrected chi connectivity index (χ1v) is 11.1. The van der Waals surface area contributed by atoms with Crippen LogP contribution in [0.4, 0.5) is 0 Å². The van der Waals surface area contributed by atoms with E-state index in [4.69, 9.17) is 0 Å². The molecule has 0 aliphatic heterocycles. The van der Waals surface area contributed by atoms with Gasteiger partial charge in [0.15, 0.2) is 0 Å². The van der Waals surface area contributed by atoms with Crippen molar-refractivity contribution in [2.45, 2.75) is 108 Å². The normalized spacial score (nSPS) is 10.0. The number of rotatable bonds is 5. The summed E-state index contributed by atoms with van der Waals surface area (Å²) in [6.45, 7) is 25.6. The van der Waals surface area contributed by atoms with Gasteiger partial charge in [-0.2, -0.15) is 0 Å². The van der Waals surface area contributed by atoms with Crippen LogP contribution in [0.3, 0.4) is 0 Å². The molecule has 0 aliphatic carbocycles. The van der Waals surface area contributed by atoms with E-state index in [1.807, 2.05) is 6.92 Å². The second-order valence-corrected chi connectivity index (χ2v) is 8.10. The lowest BCUT2D eigenvalue weighted by atomic mass is 9.95. The Morgan fingerprint density at radius 2 is 1.07 bits per heavy atom. The van der Waals surface area contributed by atoms with Gasteiger partial charge in [0.25, 0.3) is 0 Å². The van der Waals surface area contributed by atoms with Gasteiger partial charge in [0.2, 0.25) is 0 Å². The van der Waals surface area contributed by atoms with E-state index < -0.39 is 0 Å². The molecule has 1 rings (SSSR count). The molecule has 0 saturated heterocycles. The van der Waals surface area contributed by atoms with Gasteiger partial charge in [-0.15, -0.1) is 0 Å². The summed E-state index contributed by atoms with van der Waals surface area (Å²) in [5.74, 6) is 0. The van der Waals surface area contributed by atoms with Crippen molar-refractivity contribution in [2.75, 3.05) is 0 Å². The molecule has 0 saturated carbocycles. The molecule has 0 heteroatoms. The van der Waals surface area contributed by atoms with Gasteiger partial charge in [0.1, 0.15) is 0 Å². The minimum absolute atomic E-state index is 0.243. The average Bonchev–Trinajstić information content (AvgIpc) is 2.66. The lowest BCUT2D eigenvalue weighted by Crippen LogP contribution is -1.97. The Morgan fingerprint density at radius 1 is 0.741 bits per heavy atom. The molecule has 0 bridgehead atoms. The molecule has 27 heavy (non-hydrogen) atoms.